The van der Waals surface area contributed by atoms with Gasteiger partial charge in [0.15, 0.2) is 0 Å². The highest BCUT2D eigenvalue weighted by atomic mass is 32.1. The van der Waals surface area contributed by atoms with Gasteiger partial charge in [-0.25, -0.2) is 4.98 Å². The molecule has 0 fully saturated rings. The molecule has 1 aromatic heterocycles. The van der Waals surface area contributed by atoms with Crippen molar-refractivity contribution in [2.45, 2.75) is 40.2 Å². The van der Waals surface area contributed by atoms with E-state index in [-0.39, 0.29) is 30.4 Å². The fraction of sp³-hybridized carbons (Fsp3) is 0.714. The summed E-state index contributed by atoms with van der Waals surface area (Å²) in [7, 11) is 0. The Bertz CT molecular complexity index is 443. The summed E-state index contributed by atoms with van der Waals surface area (Å²) in [6, 6.07) is -0.0786. The SMILES string of the molecule is CC(C)C(N)c1nc(CC(=O)NCC(C)(C)CO)cs1. The molecule has 0 aliphatic carbocycles. The summed E-state index contributed by atoms with van der Waals surface area (Å²) in [5.74, 6) is 0.245. The normalized spacial score (nSPS) is 13.6. The molecule has 1 unspecified atom stereocenters. The second-order valence-electron chi connectivity index (χ2n) is 6.22. The lowest BCUT2D eigenvalue weighted by Gasteiger charge is -2.21. The Morgan fingerprint density at radius 3 is 2.75 bits per heavy atom. The van der Waals surface area contributed by atoms with E-state index in [4.69, 9.17) is 10.8 Å². The van der Waals surface area contributed by atoms with Gasteiger partial charge in [0.2, 0.25) is 5.91 Å². The number of hydrogen-bond acceptors (Lipinski definition) is 5. The summed E-state index contributed by atoms with van der Waals surface area (Å²) < 4.78 is 0. The molecule has 0 aliphatic rings. The van der Waals surface area contributed by atoms with Crippen LogP contribution in [-0.4, -0.2) is 29.1 Å². The van der Waals surface area contributed by atoms with Crippen molar-refractivity contribution < 1.29 is 9.90 Å². The summed E-state index contributed by atoms with van der Waals surface area (Å²) in [6.07, 6.45) is 0.253. The predicted molar refractivity (Wildman–Crippen MR) is 81.5 cm³/mol. The number of carbonyl (C=O) groups is 1. The first-order chi connectivity index (χ1) is 9.25. The molecule has 114 valence electrons. The zero-order valence-electron chi connectivity index (χ0n) is 12.6. The summed E-state index contributed by atoms with van der Waals surface area (Å²) in [5, 5.41) is 14.7. The van der Waals surface area contributed by atoms with Crippen molar-refractivity contribution in [2.24, 2.45) is 17.1 Å². The Kier molecular flexibility index (Phi) is 6.10. The molecule has 0 saturated heterocycles. The number of aromatic nitrogens is 1. The van der Waals surface area contributed by atoms with Gasteiger partial charge < -0.3 is 16.2 Å². The Balaban J connectivity index is 2.51. The Hall–Kier alpha value is -0.980. The average Bonchev–Trinajstić information content (AvgIpc) is 2.84. The summed E-state index contributed by atoms with van der Waals surface area (Å²) in [4.78, 5) is 16.2. The standard InChI is InChI=1S/C14H25N3O2S/c1-9(2)12(15)13-17-10(6-20-13)5-11(19)16-7-14(3,4)8-18/h6,9,12,18H,5,7-8,15H2,1-4H3,(H,16,19). The molecule has 4 N–H and O–H groups in total. The summed E-state index contributed by atoms with van der Waals surface area (Å²) in [6.45, 7) is 8.39. The number of nitrogens with zero attached hydrogens (tertiary/aromatic N) is 1. The van der Waals surface area contributed by atoms with Gasteiger partial charge in [-0.15, -0.1) is 11.3 Å². The van der Waals surface area contributed by atoms with Crippen LogP contribution in [0.15, 0.2) is 5.38 Å². The minimum absolute atomic E-state index is 0.0391. The maximum atomic E-state index is 11.8. The minimum Gasteiger partial charge on any atom is -0.396 e. The molecule has 1 aromatic rings. The molecule has 0 radical (unpaired) electrons. The molecule has 0 bridgehead atoms. The van der Waals surface area contributed by atoms with Crippen molar-refractivity contribution in [1.29, 1.82) is 0 Å². The zero-order chi connectivity index (χ0) is 15.3. The maximum absolute atomic E-state index is 11.8. The predicted octanol–water partition coefficient (Wildman–Crippen LogP) is 1.48. The first-order valence-electron chi connectivity index (χ1n) is 6.82. The van der Waals surface area contributed by atoms with E-state index in [2.05, 4.69) is 24.1 Å². The van der Waals surface area contributed by atoms with Crippen LogP contribution >= 0.6 is 11.3 Å². The van der Waals surface area contributed by atoms with Gasteiger partial charge in [0, 0.05) is 23.9 Å². The monoisotopic (exact) mass is 299 g/mol. The van der Waals surface area contributed by atoms with E-state index in [1.54, 1.807) is 0 Å². The van der Waals surface area contributed by atoms with Crippen molar-refractivity contribution in [1.82, 2.24) is 10.3 Å². The van der Waals surface area contributed by atoms with Gasteiger partial charge in [-0.1, -0.05) is 27.7 Å². The number of amides is 1. The van der Waals surface area contributed by atoms with Crippen LogP contribution in [0.3, 0.4) is 0 Å². The van der Waals surface area contributed by atoms with Gasteiger partial charge in [0.1, 0.15) is 5.01 Å². The Morgan fingerprint density at radius 1 is 1.55 bits per heavy atom. The molecule has 0 spiro atoms. The number of nitrogens with one attached hydrogen (secondary N) is 1. The highest BCUT2D eigenvalue weighted by Gasteiger charge is 2.19. The van der Waals surface area contributed by atoms with E-state index in [1.807, 2.05) is 19.2 Å². The fourth-order valence-electron chi connectivity index (χ4n) is 1.46. The Morgan fingerprint density at radius 2 is 2.20 bits per heavy atom. The fourth-order valence-corrected chi connectivity index (χ4v) is 2.45. The molecule has 1 rings (SSSR count). The van der Waals surface area contributed by atoms with Crippen molar-refractivity contribution in [3.63, 3.8) is 0 Å². The van der Waals surface area contributed by atoms with Crippen LogP contribution in [0.4, 0.5) is 0 Å². The van der Waals surface area contributed by atoms with Crippen LogP contribution in [0.1, 0.15) is 44.4 Å². The second-order valence-corrected chi connectivity index (χ2v) is 7.11. The molecule has 6 heteroatoms. The lowest BCUT2D eigenvalue weighted by atomic mass is 9.95. The third kappa shape index (κ3) is 5.19. The quantitative estimate of drug-likeness (QED) is 0.711. The van der Waals surface area contributed by atoms with E-state index in [9.17, 15) is 4.79 Å². The van der Waals surface area contributed by atoms with Gasteiger partial charge >= 0.3 is 0 Å². The van der Waals surface area contributed by atoms with Gasteiger partial charge in [-0.3, -0.25) is 4.79 Å². The lowest BCUT2D eigenvalue weighted by molar-refractivity contribution is -0.121. The van der Waals surface area contributed by atoms with Crippen LogP contribution in [0, 0.1) is 11.3 Å². The number of nitrogens with two attached hydrogens (primary N) is 1. The number of thiazole rings is 1. The van der Waals surface area contributed by atoms with E-state index in [1.165, 1.54) is 11.3 Å². The van der Waals surface area contributed by atoms with Gasteiger partial charge in [-0.05, 0) is 5.92 Å². The van der Waals surface area contributed by atoms with E-state index >= 15 is 0 Å². The number of hydrogen-bond donors (Lipinski definition) is 3. The largest absolute Gasteiger partial charge is 0.396 e. The van der Waals surface area contributed by atoms with Gasteiger partial charge in [0.05, 0.1) is 18.2 Å². The van der Waals surface area contributed by atoms with E-state index in [0.29, 0.717) is 12.5 Å². The summed E-state index contributed by atoms with van der Waals surface area (Å²) in [5.41, 5.74) is 6.48. The zero-order valence-corrected chi connectivity index (χ0v) is 13.5. The maximum Gasteiger partial charge on any atom is 0.226 e. The van der Waals surface area contributed by atoms with Crippen LogP contribution < -0.4 is 11.1 Å². The molecule has 0 saturated carbocycles. The number of carbonyl (C=O) groups excluding carboxylic acids is 1. The van der Waals surface area contributed by atoms with Crippen molar-refractivity contribution in [3.8, 4) is 0 Å². The first kappa shape index (κ1) is 17.1. The van der Waals surface area contributed by atoms with Crippen molar-refractivity contribution in [2.75, 3.05) is 13.2 Å². The highest BCUT2D eigenvalue weighted by molar-refractivity contribution is 7.09. The van der Waals surface area contributed by atoms with Crippen molar-refractivity contribution in [3.05, 3.63) is 16.1 Å². The van der Waals surface area contributed by atoms with E-state index < -0.39 is 0 Å². The minimum atomic E-state index is -0.303. The molecule has 0 aliphatic heterocycles. The average molecular weight is 299 g/mol. The lowest BCUT2D eigenvalue weighted by Crippen LogP contribution is -2.36. The van der Waals surface area contributed by atoms with Crippen LogP contribution in [-0.2, 0) is 11.2 Å². The van der Waals surface area contributed by atoms with Crippen molar-refractivity contribution >= 4 is 17.2 Å². The highest BCUT2D eigenvalue weighted by Crippen LogP contribution is 2.22. The van der Waals surface area contributed by atoms with Crippen LogP contribution in [0.2, 0.25) is 0 Å². The molecule has 0 aromatic carbocycles. The number of aliphatic hydroxyl groups excluding tert-OH is 1. The topological polar surface area (TPSA) is 88.2 Å². The second kappa shape index (κ2) is 7.15. The molecule has 1 amide bonds. The Labute approximate surface area is 124 Å². The molecule has 1 heterocycles. The smallest absolute Gasteiger partial charge is 0.226 e. The summed E-state index contributed by atoms with van der Waals surface area (Å²) >= 11 is 1.50. The molecular weight excluding hydrogens is 274 g/mol. The third-order valence-corrected chi connectivity index (χ3v) is 4.10. The molecule has 5 nitrogen and oxygen atoms in total. The van der Waals surface area contributed by atoms with Crippen LogP contribution in [0.5, 0.6) is 0 Å². The van der Waals surface area contributed by atoms with Gasteiger partial charge in [-0.2, -0.15) is 0 Å². The van der Waals surface area contributed by atoms with Crippen LogP contribution in [0.25, 0.3) is 0 Å². The number of aliphatic hydroxyl groups is 1. The molecular formula is C14H25N3O2S. The number of rotatable bonds is 7. The molecule has 1 atom stereocenters. The molecule has 20 heavy (non-hydrogen) atoms. The van der Waals surface area contributed by atoms with Gasteiger partial charge in [0.25, 0.3) is 0 Å². The first-order valence-corrected chi connectivity index (χ1v) is 7.70. The third-order valence-electron chi connectivity index (χ3n) is 3.11. The van der Waals surface area contributed by atoms with E-state index in [0.717, 1.165) is 10.7 Å².